The van der Waals surface area contributed by atoms with E-state index in [1.54, 1.807) is 12.1 Å². The molecule has 1 aromatic carbocycles. The lowest BCUT2D eigenvalue weighted by atomic mass is 9.90. The largest absolute Gasteiger partial charge is 0.369 e. The molecule has 5 heteroatoms. The fourth-order valence-corrected chi connectivity index (χ4v) is 2.90. The van der Waals surface area contributed by atoms with Crippen molar-refractivity contribution in [3.05, 3.63) is 29.6 Å². The van der Waals surface area contributed by atoms with Gasteiger partial charge >= 0.3 is 0 Å². The highest BCUT2D eigenvalue weighted by molar-refractivity contribution is 6.00. The Balaban J connectivity index is 1.80. The summed E-state index contributed by atoms with van der Waals surface area (Å²) in [6.07, 6.45) is 0.758. The van der Waals surface area contributed by atoms with E-state index < -0.39 is 5.92 Å². The fraction of sp³-hybridized carbons (Fsp3) is 0.467. The van der Waals surface area contributed by atoms with Gasteiger partial charge in [-0.15, -0.1) is 0 Å². The molecule has 2 saturated heterocycles. The van der Waals surface area contributed by atoms with E-state index in [9.17, 15) is 14.0 Å². The van der Waals surface area contributed by atoms with Crippen LogP contribution in [0.1, 0.15) is 31.2 Å². The Hall–Kier alpha value is -1.91. The number of benzene rings is 1. The van der Waals surface area contributed by atoms with E-state index in [2.05, 4.69) is 12.2 Å². The van der Waals surface area contributed by atoms with Crippen LogP contribution in [0.15, 0.2) is 18.2 Å². The minimum Gasteiger partial charge on any atom is -0.369 e. The van der Waals surface area contributed by atoms with Crippen LogP contribution >= 0.6 is 0 Å². The van der Waals surface area contributed by atoms with Crippen LogP contribution in [0.4, 0.5) is 10.1 Å². The zero-order valence-electron chi connectivity index (χ0n) is 11.4. The lowest BCUT2D eigenvalue weighted by Crippen LogP contribution is -2.45. The van der Waals surface area contributed by atoms with E-state index in [-0.39, 0.29) is 17.6 Å². The number of carbonyl (C=O) groups excluding carboxylic acids is 2. The van der Waals surface area contributed by atoms with E-state index in [0.29, 0.717) is 30.0 Å². The molecule has 2 aliphatic heterocycles. The van der Waals surface area contributed by atoms with Crippen LogP contribution in [0, 0.1) is 11.7 Å². The molecule has 2 heterocycles. The molecule has 1 unspecified atom stereocenters. The van der Waals surface area contributed by atoms with Gasteiger partial charge in [0.05, 0.1) is 11.6 Å². The Morgan fingerprint density at radius 2 is 2.05 bits per heavy atom. The van der Waals surface area contributed by atoms with Crippen molar-refractivity contribution < 1.29 is 14.0 Å². The van der Waals surface area contributed by atoms with Crippen LogP contribution in [0.3, 0.4) is 0 Å². The van der Waals surface area contributed by atoms with E-state index in [1.165, 1.54) is 6.07 Å². The third-order valence-electron chi connectivity index (χ3n) is 4.02. The minimum absolute atomic E-state index is 0.252. The number of rotatable bonds is 2. The second-order valence-corrected chi connectivity index (χ2v) is 5.72. The van der Waals surface area contributed by atoms with Gasteiger partial charge < -0.3 is 4.90 Å². The highest BCUT2D eigenvalue weighted by Crippen LogP contribution is 2.31. The standard InChI is InChI=1S/C15H17FN2O2/c1-9-7-18(8-9)13-4-2-10(6-12(13)16)11-3-5-14(19)17-15(11)20/h2,4,6,9,11H,3,5,7-8H2,1H3,(H,17,19,20). The normalized spacial score (nSPS) is 23.5. The minimum atomic E-state index is -0.424. The maximum Gasteiger partial charge on any atom is 0.234 e. The molecule has 1 atom stereocenters. The molecule has 1 N–H and O–H groups in total. The lowest BCUT2D eigenvalue weighted by Gasteiger charge is -2.39. The maximum absolute atomic E-state index is 14.2. The fourth-order valence-electron chi connectivity index (χ4n) is 2.90. The molecule has 106 valence electrons. The second-order valence-electron chi connectivity index (χ2n) is 5.72. The molecule has 20 heavy (non-hydrogen) atoms. The van der Waals surface area contributed by atoms with Crippen LogP contribution < -0.4 is 10.2 Å². The highest BCUT2D eigenvalue weighted by atomic mass is 19.1. The quantitative estimate of drug-likeness (QED) is 0.838. The number of nitrogens with zero attached hydrogens (tertiary/aromatic N) is 1. The number of amides is 2. The van der Waals surface area contributed by atoms with E-state index >= 15 is 0 Å². The number of hydrogen-bond donors (Lipinski definition) is 1. The predicted octanol–water partition coefficient (Wildman–Crippen LogP) is 1.80. The SMILES string of the molecule is CC1CN(c2ccc(C3CCC(=O)NC3=O)cc2F)C1. The number of anilines is 1. The van der Waals surface area contributed by atoms with Gasteiger partial charge in [-0.3, -0.25) is 14.9 Å². The van der Waals surface area contributed by atoms with E-state index in [1.807, 2.05) is 4.90 Å². The molecule has 0 spiro atoms. The first-order valence-corrected chi connectivity index (χ1v) is 6.92. The van der Waals surface area contributed by atoms with Gasteiger partial charge in [0.25, 0.3) is 0 Å². The van der Waals surface area contributed by atoms with Crippen molar-refractivity contribution in [3.63, 3.8) is 0 Å². The molecule has 0 bridgehead atoms. The van der Waals surface area contributed by atoms with Crippen molar-refractivity contribution in [2.45, 2.75) is 25.7 Å². The number of carbonyl (C=O) groups is 2. The molecule has 0 saturated carbocycles. The van der Waals surface area contributed by atoms with Gasteiger partial charge in [0.2, 0.25) is 11.8 Å². The third kappa shape index (κ3) is 2.28. The molecule has 1 aromatic rings. The summed E-state index contributed by atoms with van der Waals surface area (Å²) in [4.78, 5) is 24.9. The first-order chi connectivity index (χ1) is 9.54. The van der Waals surface area contributed by atoms with Crippen molar-refractivity contribution in [2.75, 3.05) is 18.0 Å². The molecule has 0 aliphatic carbocycles. The van der Waals surface area contributed by atoms with Crippen molar-refractivity contribution in [2.24, 2.45) is 5.92 Å². The maximum atomic E-state index is 14.2. The van der Waals surface area contributed by atoms with Crippen LogP contribution in [0.5, 0.6) is 0 Å². The second kappa shape index (κ2) is 4.89. The molecule has 0 radical (unpaired) electrons. The molecular formula is C15H17FN2O2. The number of piperidine rings is 1. The van der Waals surface area contributed by atoms with E-state index in [0.717, 1.165) is 13.1 Å². The van der Waals surface area contributed by atoms with Gasteiger partial charge in [-0.2, -0.15) is 0 Å². The number of hydrogen-bond acceptors (Lipinski definition) is 3. The Labute approximate surface area is 117 Å². The Kier molecular flexibility index (Phi) is 3.20. The van der Waals surface area contributed by atoms with Crippen molar-refractivity contribution in [1.29, 1.82) is 0 Å². The third-order valence-corrected chi connectivity index (χ3v) is 4.02. The molecule has 2 aliphatic rings. The van der Waals surface area contributed by atoms with Crippen molar-refractivity contribution in [3.8, 4) is 0 Å². The summed E-state index contributed by atoms with van der Waals surface area (Å²) in [7, 11) is 0. The summed E-state index contributed by atoms with van der Waals surface area (Å²) in [6, 6.07) is 4.96. The summed E-state index contributed by atoms with van der Waals surface area (Å²) < 4.78 is 14.2. The van der Waals surface area contributed by atoms with Gasteiger partial charge in [0.1, 0.15) is 5.82 Å². The summed E-state index contributed by atoms with van der Waals surface area (Å²) >= 11 is 0. The van der Waals surface area contributed by atoms with Crippen LogP contribution in [-0.4, -0.2) is 24.9 Å². The Morgan fingerprint density at radius 3 is 2.65 bits per heavy atom. The molecule has 3 rings (SSSR count). The van der Waals surface area contributed by atoms with Crippen LogP contribution in [0.2, 0.25) is 0 Å². The van der Waals surface area contributed by atoms with Crippen LogP contribution in [0.25, 0.3) is 0 Å². The van der Waals surface area contributed by atoms with Crippen LogP contribution in [-0.2, 0) is 9.59 Å². The van der Waals surface area contributed by atoms with Crippen molar-refractivity contribution >= 4 is 17.5 Å². The number of nitrogens with one attached hydrogen (secondary N) is 1. The molecule has 2 amide bonds. The molecule has 2 fully saturated rings. The molecular weight excluding hydrogens is 259 g/mol. The number of halogens is 1. The summed E-state index contributed by atoms with van der Waals surface area (Å²) in [5.41, 5.74) is 1.24. The molecule has 4 nitrogen and oxygen atoms in total. The van der Waals surface area contributed by atoms with Gasteiger partial charge in [0.15, 0.2) is 0 Å². The first-order valence-electron chi connectivity index (χ1n) is 6.92. The molecule has 0 aromatic heterocycles. The highest BCUT2D eigenvalue weighted by Gasteiger charge is 2.30. The van der Waals surface area contributed by atoms with Gasteiger partial charge in [-0.1, -0.05) is 13.0 Å². The van der Waals surface area contributed by atoms with Crippen molar-refractivity contribution in [1.82, 2.24) is 5.32 Å². The topological polar surface area (TPSA) is 49.4 Å². The van der Waals surface area contributed by atoms with Gasteiger partial charge in [-0.25, -0.2) is 4.39 Å². The Morgan fingerprint density at radius 1 is 1.30 bits per heavy atom. The summed E-state index contributed by atoms with van der Waals surface area (Å²) in [5, 5.41) is 2.30. The van der Waals surface area contributed by atoms with Gasteiger partial charge in [-0.05, 0) is 30.0 Å². The smallest absolute Gasteiger partial charge is 0.234 e. The monoisotopic (exact) mass is 276 g/mol. The summed E-state index contributed by atoms with van der Waals surface area (Å²) in [6.45, 7) is 3.87. The Bertz CT molecular complexity index is 567. The lowest BCUT2D eigenvalue weighted by molar-refractivity contribution is -0.134. The summed E-state index contributed by atoms with van der Waals surface area (Å²) in [5.74, 6) is -0.696. The first kappa shape index (κ1) is 13.1. The van der Waals surface area contributed by atoms with Gasteiger partial charge in [0, 0.05) is 19.5 Å². The zero-order valence-corrected chi connectivity index (χ0v) is 11.4. The van der Waals surface area contributed by atoms with E-state index in [4.69, 9.17) is 0 Å². The number of imide groups is 1. The predicted molar refractivity (Wildman–Crippen MR) is 72.9 cm³/mol. The average Bonchev–Trinajstić information content (AvgIpc) is 2.35. The zero-order chi connectivity index (χ0) is 14.3. The average molecular weight is 276 g/mol.